The number of unbranched alkanes of at least 4 members (excludes halogenated alkanes) is 1. The summed E-state index contributed by atoms with van der Waals surface area (Å²) in [5, 5.41) is 0. The second-order valence-electron chi connectivity index (χ2n) is 3.75. The lowest BCUT2D eigenvalue weighted by atomic mass is 10.3. The van der Waals surface area contributed by atoms with Crippen molar-refractivity contribution in [3.63, 3.8) is 0 Å². The van der Waals surface area contributed by atoms with Gasteiger partial charge in [-0.05, 0) is 67.5 Å². The Hall–Kier alpha value is 0.1000. The van der Waals surface area contributed by atoms with Crippen LogP contribution in [0, 0.1) is 0 Å². The van der Waals surface area contributed by atoms with Gasteiger partial charge in [0, 0.05) is 11.4 Å². The van der Waals surface area contributed by atoms with E-state index in [1.807, 2.05) is 11.3 Å². The lowest BCUT2D eigenvalue weighted by Gasteiger charge is -2.15. The summed E-state index contributed by atoms with van der Waals surface area (Å²) >= 11 is 5.31. The molecule has 0 aliphatic heterocycles. The van der Waals surface area contributed by atoms with Gasteiger partial charge in [-0.1, -0.05) is 0 Å². The van der Waals surface area contributed by atoms with Gasteiger partial charge in [0.25, 0.3) is 0 Å². The van der Waals surface area contributed by atoms with Crippen LogP contribution in [0.3, 0.4) is 0 Å². The maximum absolute atomic E-state index is 5.46. The number of halogens is 1. The van der Waals surface area contributed by atoms with Gasteiger partial charge in [-0.25, -0.2) is 0 Å². The summed E-state index contributed by atoms with van der Waals surface area (Å²) in [5.74, 6) is 0. The Labute approximate surface area is 105 Å². The molecule has 0 bridgehead atoms. The number of rotatable bonds is 7. The van der Waals surface area contributed by atoms with Gasteiger partial charge in [-0.15, -0.1) is 11.3 Å². The minimum Gasteiger partial charge on any atom is -0.330 e. The summed E-state index contributed by atoms with van der Waals surface area (Å²) in [6.07, 6.45) is 3.49. The highest BCUT2D eigenvalue weighted by Crippen LogP contribution is 2.22. The molecule has 0 spiro atoms. The molecule has 2 N–H and O–H groups in total. The van der Waals surface area contributed by atoms with Crippen molar-refractivity contribution in [2.45, 2.75) is 19.3 Å². The maximum Gasteiger partial charge on any atom is 0.0701 e. The average molecular weight is 291 g/mol. The van der Waals surface area contributed by atoms with E-state index in [0.29, 0.717) is 0 Å². The lowest BCUT2D eigenvalue weighted by molar-refractivity contribution is 0.331. The molecule has 0 atom stereocenters. The van der Waals surface area contributed by atoms with Gasteiger partial charge >= 0.3 is 0 Å². The Kier molecular flexibility index (Phi) is 6.48. The molecule has 0 unspecified atom stereocenters. The fraction of sp³-hybridized carbons (Fsp3) is 0.636. The molecule has 0 aliphatic carbocycles. The number of likely N-dealkylation sites (N-methyl/N-ethyl adjacent to an activating group) is 1. The van der Waals surface area contributed by atoms with Crippen LogP contribution in [0.2, 0.25) is 0 Å². The smallest absolute Gasteiger partial charge is 0.0701 e. The van der Waals surface area contributed by atoms with E-state index in [4.69, 9.17) is 5.73 Å². The van der Waals surface area contributed by atoms with Crippen molar-refractivity contribution < 1.29 is 0 Å². The first-order valence-corrected chi connectivity index (χ1v) is 6.96. The first-order chi connectivity index (χ1) is 7.22. The van der Waals surface area contributed by atoms with Crippen LogP contribution < -0.4 is 5.73 Å². The zero-order valence-electron chi connectivity index (χ0n) is 9.21. The summed E-state index contributed by atoms with van der Waals surface area (Å²) in [4.78, 5) is 3.83. The van der Waals surface area contributed by atoms with Crippen LogP contribution in [0.25, 0.3) is 0 Å². The van der Waals surface area contributed by atoms with E-state index in [-0.39, 0.29) is 0 Å². The Balaban J connectivity index is 2.13. The number of hydrogen-bond acceptors (Lipinski definition) is 3. The van der Waals surface area contributed by atoms with E-state index in [9.17, 15) is 0 Å². The van der Waals surface area contributed by atoms with Gasteiger partial charge < -0.3 is 10.6 Å². The molecule has 1 aromatic rings. The molecule has 86 valence electrons. The number of nitrogens with zero attached hydrogens (tertiary/aromatic N) is 1. The van der Waals surface area contributed by atoms with E-state index in [1.165, 1.54) is 15.1 Å². The van der Waals surface area contributed by atoms with Crippen molar-refractivity contribution >= 4 is 27.3 Å². The van der Waals surface area contributed by atoms with Gasteiger partial charge in [0.2, 0.25) is 0 Å². The predicted molar refractivity (Wildman–Crippen MR) is 71.5 cm³/mol. The third kappa shape index (κ3) is 5.66. The number of nitrogens with two attached hydrogens (primary N) is 1. The lowest BCUT2D eigenvalue weighted by Crippen LogP contribution is -2.22. The largest absolute Gasteiger partial charge is 0.330 e. The van der Waals surface area contributed by atoms with E-state index in [2.05, 4.69) is 40.0 Å². The molecular weight excluding hydrogens is 272 g/mol. The van der Waals surface area contributed by atoms with Crippen molar-refractivity contribution in [2.75, 3.05) is 26.7 Å². The molecule has 0 amide bonds. The fourth-order valence-electron chi connectivity index (χ4n) is 1.43. The molecule has 0 saturated carbocycles. The highest BCUT2D eigenvalue weighted by molar-refractivity contribution is 9.11. The molecule has 0 fully saturated rings. The van der Waals surface area contributed by atoms with Crippen molar-refractivity contribution in [3.8, 4) is 0 Å². The molecule has 1 heterocycles. The van der Waals surface area contributed by atoms with E-state index in [0.717, 1.165) is 32.5 Å². The average Bonchev–Trinajstić information content (AvgIpc) is 2.62. The minimum absolute atomic E-state index is 0.811. The van der Waals surface area contributed by atoms with Crippen LogP contribution in [0.15, 0.2) is 15.9 Å². The van der Waals surface area contributed by atoms with Gasteiger partial charge in [0.05, 0.1) is 3.79 Å². The second-order valence-corrected chi connectivity index (χ2v) is 6.30. The quantitative estimate of drug-likeness (QED) is 0.783. The summed E-state index contributed by atoms with van der Waals surface area (Å²) in [6.45, 7) is 3.10. The third-order valence-corrected chi connectivity index (χ3v) is 4.05. The van der Waals surface area contributed by atoms with Gasteiger partial charge in [0.15, 0.2) is 0 Å². The van der Waals surface area contributed by atoms with E-state index >= 15 is 0 Å². The highest BCUT2D eigenvalue weighted by atomic mass is 79.9. The van der Waals surface area contributed by atoms with Crippen LogP contribution in [-0.4, -0.2) is 31.6 Å². The van der Waals surface area contributed by atoms with E-state index in [1.54, 1.807) is 0 Å². The summed E-state index contributed by atoms with van der Waals surface area (Å²) in [6, 6.07) is 4.32. The molecule has 4 heteroatoms. The molecule has 1 rings (SSSR count). The molecule has 0 saturated heterocycles. The van der Waals surface area contributed by atoms with E-state index < -0.39 is 0 Å². The Morgan fingerprint density at radius 1 is 1.33 bits per heavy atom. The highest BCUT2D eigenvalue weighted by Gasteiger charge is 2.01. The van der Waals surface area contributed by atoms with Crippen molar-refractivity contribution in [1.82, 2.24) is 4.90 Å². The van der Waals surface area contributed by atoms with Crippen molar-refractivity contribution in [1.29, 1.82) is 0 Å². The third-order valence-electron chi connectivity index (χ3n) is 2.36. The zero-order valence-corrected chi connectivity index (χ0v) is 11.6. The summed E-state index contributed by atoms with van der Waals surface area (Å²) in [5.41, 5.74) is 5.46. The zero-order chi connectivity index (χ0) is 11.1. The SMILES string of the molecule is CN(CCCCN)CCc1ccc(Br)s1. The Bertz CT molecular complexity index is 275. The molecule has 0 aromatic carbocycles. The predicted octanol–water partition coefficient (Wildman–Crippen LogP) is 2.72. The molecule has 1 aromatic heterocycles. The summed E-state index contributed by atoms with van der Waals surface area (Å²) < 4.78 is 1.23. The number of hydrogen-bond donors (Lipinski definition) is 1. The fourth-order valence-corrected chi connectivity index (χ4v) is 2.90. The Morgan fingerprint density at radius 3 is 2.73 bits per heavy atom. The second kappa shape index (κ2) is 7.39. The number of thiophene rings is 1. The Morgan fingerprint density at radius 2 is 2.13 bits per heavy atom. The first kappa shape index (κ1) is 13.2. The molecule has 2 nitrogen and oxygen atoms in total. The van der Waals surface area contributed by atoms with Crippen LogP contribution in [0.1, 0.15) is 17.7 Å². The standard InChI is InChI=1S/C11H19BrN2S/c1-14(8-3-2-7-13)9-6-10-4-5-11(12)15-10/h4-5H,2-3,6-9,13H2,1H3. The van der Waals surface area contributed by atoms with Crippen LogP contribution in [0.4, 0.5) is 0 Å². The normalized spacial score (nSPS) is 11.2. The minimum atomic E-state index is 0.811. The monoisotopic (exact) mass is 290 g/mol. The molecule has 0 radical (unpaired) electrons. The van der Waals surface area contributed by atoms with Gasteiger partial charge in [0.1, 0.15) is 0 Å². The first-order valence-electron chi connectivity index (χ1n) is 5.35. The van der Waals surface area contributed by atoms with Crippen LogP contribution in [0.5, 0.6) is 0 Å². The van der Waals surface area contributed by atoms with Crippen molar-refractivity contribution in [2.24, 2.45) is 5.73 Å². The maximum atomic E-state index is 5.46. The van der Waals surface area contributed by atoms with Crippen molar-refractivity contribution in [3.05, 3.63) is 20.8 Å². The molecule has 15 heavy (non-hydrogen) atoms. The molecule has 0 aliphatic rings. The topological polar surface area (TPSA) is 29.3 Å². The van der Waals surface area contributed by atoms with Crippen LogP contribution in [-0.2, 0) is 6.42 Å². The van der Waals surface area contributed by atoms with Gasteiger partial charge in [-0.2, -0.15) is 0 Å². The molecular formula is C11H19BrN2S. The summed E-state index contributed by atoms with van der Waals surface area (Å²) in [7, 11) is 2.18. The van der Waals surface area contributed by atoms with Gasteiger partial charge in [-0.3, -0.25) is 0 Å². The van der Waals surface area contributed by atoms with Crippen LogP contribution >= 0.6 is 27.3 Å².